The van der Waals surface area contributed by atoms with E-state index in [1.165, 1.54) is 62.8 Å². The molecule has 0 aromatic carbocycles. The van der Waals surface area contributed by atoms with Gasteiger partial charge in [0.25, 0.3) is 0 Å². The predicted octanol–water partition coefficient (Wildman–Crippen LogP) is 2.42. The van der Waals surface area contributed by atoms with Gasteiger partial charge in [0.05, 0.1) is 26.2 Å². The third-order valence-corrected chi connectivity index (χ3v) is 3.56. The Hall–Kier alpha value is -0.0400. The minimum Gasteiger partial charge on any atom is -0.323 e. The third-order valence-electron chi connectivity index (χ3n) is 3.56. The van der Waals surface area contributed by atoms with Crippen LogP contribution in [0.15, 0.2) is 0 Å². The zero-order chi connectivity index (χ0) is 8.44. The molecule has 0 unspecified atom stereocenters. The number of nitrogens with zero attached hydrogens (tertiary/aromatic N) is 1. The van der Waals surface area contributed by atoms with Gasteiger partial charge in [0.2, 0.25) is 0 Å². The van der Waals surface area contributed by atoms with Crippen LogP contribution in [0.25, 0.3) is 0 Å². The quantitative estimate of drug-likeness (QED) is 0.566. The van der Waals surface area contributed by atoms with Gasteiger partial charge in [-0.3, -0.25) is 0 Å². The number of rotatable bonds is 4. The van der Waals surface area contributed by atoms with E-state index in [-0.39, 0.29) is 0 Å². The van der Waals surface area contributed by atoms with E-state index >= 15 is 0 Å². The minimum absolute atomic E-state index is 1.12. The number of likely N-dealkylation sites (tertiary alicyclic amines) is 1. The van der Waals surface area contributed by atoms with Gasteiger partial charge in [-0.05, 0) is 19.3 Å². The van der Waals surface area contributed by atoms with Crippen LogP contribution in [0.2, 0.25) is 0 Å². The Labute approximate surface area is 76.3 Å². The molecule has 70 valence electrons. The highest BCUT2D eigenvalue weighted by Gasteiger charge is 2.37. The lowest BCUT2D eigenvalue weighted by molar-refractivity contribution is -0.918. The van der Waals surface area contributed by atoms with Gasteiger partial charge >= 0.3 is 0 Å². The van der Waals surface area contributed by atoms with Crippen LogP contribution < -0.4 is 0 Å². The zero-order valence-electron chi connectivity index (χ0n) is 8.39. The molecule has 1 aliphatic heterocycles. The van der Waals surface area contributed by atoms with E-state index in [1.54, 1.807) is 0 Å². The van der Waals surface area contributed by atoms with E-state index < -0.39 is 0 Å². The first-order chi connectivity index (χ1) is 5.85. The summed E-state index contributed by atoms with van der Waals surface area (Å²) < 4.78 is 1.49. The smallest absolute Gasteiger partial charge is 0.0815 e. The average Bonchev–Trinajstić information content (AvgIpc) is 2.72. The van der Waals surface area contributed by atoms with Crippen LogP contribution in [0, 0.1) is 5.92 Å². The highest BCUT2D eigenvalue weighted by Crippen LogP contribution is 2.34. The molecule has 1 heterocycles. The third kappa shape index (κ3) is 1.82. The highest BCUT2D eigenvalue weighted by molar-refractivity contribution is 4.74. The SMILES string of the molecule is CCC[N+]1(CC2CC2)CCCC1. The Morgan fingerprint density at radius 2 is 1.83 bits per heavy atom. The number of quaternary nitrogens is 1. The van der Waals surface area contributed by atoms with E-state index in [4.69, 9.17) is 0 Å². The lowest BCUT2D eigenvalue weighted by Gasteiger charge is -2.34. The maximum absolute atomic E-state index is 2.34. The zero-order valence-corrected chi connectivity index (χ0v) is 8.39. The maximum atomic E-state index is 2.34. The average molecular weight is 168 g/mol. The molecule has 0 aromatic heterocycles. The largest absolute Gasteiger partial charge is 0.323 e. The molecule has 1 heteroatoms. The van der Waals surface area contributed by atoms with Gasteiger partial charge < -0.3 is 4.48 Å². The van der Waals surface area contributed by atoms with Gasteiger partial charge in [0, 0.05) is 18.8 Å². The summed E-state index contributed by atoms with van der Waals surface area (Å²) in [6.07, 6.45) is 7.43. The molecule has 0 amide bonds. The summed E-state index contributed by atoms with van der Waals surface area (Å²) in [6, 6.07) is 0. The molecule has 1 aliphatic carbocycles. The van der Waals surface area contributed by atoms with Crippen molar-refractivity contribution in [2.45, 2.75) is 39.0 Å². The molecule has 0 atom stereocenters. The van der Waals surface area contributed by atoms with Gasteiger partial charge in [-0.2, -0.15) is 0 Å². The fraction of sp³-hybridized carbons (Fsp3) is 1.00. The Morgan fingerprint density at radius 3 is 2.33 bits per heavy atom. The number of hydrogen-bond donors (Lipinski definition) is 0. The second-order valence-electron chi connectivity index (χ2n) is 4.85. The van der Waals surface area contributed by atoms with Gasteiger partial charge in [-0.25, -0.2) is 0 Å². The highest BCUT2D eigenvalue weighted by atomic mass is 15.4. The predicted molar refractivity (Wildman–Crippen MR) is 52.0 cm³/mol. The summed E-state index contributed by atoms with van der Waals surface area (Å²) >= 11 is 0. The molecule has 0 radical (unpaired) electrons. The number of hydrogen-bond acceptors (Lipinski definition) is 0. The summed E-state index contributed by atoms with van der Waals surface area (Å²) in [6.45, 7) is 8.30. The first kappa shape index (κ1) is 8.55. The molecular formula is C11H22N+. The summed E-state index contributed by atoms with van der Waals surface area (Å²) in [5.74, 6) is 1.12. The fourth-order valence-corrected chi connectivity index (χ4v) is 2.83. The normalized spacial score (nSPS) is 27.8. The second-order valence-corrected chi connectivity index (χ2v) is 4.85. The van der Waals surface area contributed by atoms with Crippen molar-refractivity contribution >= 4 is 0 Å². The van der Waals surface area contributed by atoms with Crippen molar-refractivity contribution in [3.05, 3.63) is 0 Å². The Bertz CT molecular complexity index is 143. The molecular weight excluding hydrogens is 146 g/mol. The van der Waals surface area contributed by atoms with Gasteiger partial charge in [-0.1, -0.05) is 6.92 Å². The molecule has 2 fully saturated rings. The molecule has 2 rings (SSSR count). The Kier molecular flexibility index (Phi) is 2.40. The van der Waals surface area contributed by atoms with Crippen LogP contribution in [-0.4, -0.2) is 30.7 Å². The molecule has 1 saturated heterocycles. The monoisotopic (exact) mass is 168 g/mol. The van der Waals surface area contributed by atoms with Crippen LogP contribution in [0.3, 0.4) is 0 Å². The van der Waals surface area contributed by atoms with Gasteiger partial charge in [0.1, 0.15) is 0 Å². The van der Waals surface area contributed by atoms with Crippen LogP contribution in [0.5, 0.6) is 0 Å². The summed E-state index contributed by atoms with van der Waals surface area (Å²) in [7, 11) is 0. The fourth-order valence-electron chi connectivity index (χ4n) is 2.83. The molecule has 0 spiro atoms. The summed E-state index contributed by atoms with van der Waals surface area (Å²) in [5.41, 5.74) is 0. The van der Waals surface area contributed by atoms with Crippen molar-refractivity contribution in [2.24, 2.45) is 5.92 Å². The maximum Gasteiger partial charge on any atom is 0.0815 e. The van der Waals surface area contributed by atoms with Gasteiger partial charge in [-0.15, -0.1) is 0 Å². The summed E-state index contributed by atoms with van der Waals surface area (Å²) in [5, 5.41) is 0. The second kappa shape index (κ2) is 3.37. The lowest BCUT2D eigenvalue weighted by atomic mass is 10.2. The Morgan fingerprint density at radius 1 is 1.17 bits per heavy atom. The van der Waals surface area contributed by atoms with Crippen molar-refractivity contribution < 1.29 is 4.48 Å². The van der Waals surface area contributed by atoms with Crippen LogP contribution in [-0.2, 0) is 0 Å². The van der Waals surface area contributed by atoms with E-state index in [9.17, 15) is 0 Å². The molecule has 12 heavy (non-hydrogen) atoms. The first-order valence-corrected chi connectivity index (χ1v) is 5.70. The van der Waals surface area contributed by atoms with Crippen molar-refractivity contribution in [3.63, 3.8) is 0 Å². The molecule has 0 aromatic rings. The molecule has 0 N–H and O–H groups in total. The minimum atomic E-state index is 1.12. The molecule has 0 bridgehead atoms. The van der Waals surface area contributed by atoms with Crippen LogP contribution in [0.4, 0.5) is 0 Å². The summed E-state index contributed by atoms with van der Waals surface area (Å²) in [4.78, 5) is 0. The topological polar surface area (TPSA) is 0 Å². The van der Waals surface area contributed by atoms with E-state index in [2.05, 4.69) is 6.92 Å². The standard InChI is InChI=1S/C11H22N/c1-2-7-12(8-3-4-9-12)10-11-5-6-11/h11H,2-10H2,1H3/q+1. The van der Waals surface area contributed by atoms with Gasteiger partial charge in [0.15, 0.2) is 0 Å². The van der Waals surface area contributed by atoms with Crippen molar-refractivity contribution in [1.29, 1.82) is 0 Å². The molecule has 2 aliphatic rings. The van der Waals surface area contributed by atoms with Crippen LogP contribution in [0.1, 0.15) is 39.0 Å². The first-order valence-electron chi connectivity index (χ1n) is 5.70. The molecule has 1 saturated carbocycles. The van der Waals surface area contributed by atoms with Crippen LogP contribution >= 0.6 is 0 Å². The Balaban J connectivity index is 1.89. The van der Waals surface area contributed by atoms with E-state index in [1.807, 2.05) is 0 Å². The van der Waals surface area contributed by atoms with Crippen molar-refractivity contribution in [2.75, 3.05) is 26.2 Å². The van der Waals surface area contributed by atoms with Crippen molar-refractivity contribution in [3.8, 4) is 0 Å². The lowest BCUT2D eigenvalue weighted by Crippen LogP contribution is -2.47. The van der Waals surface area contributed by atoms with E-state index in [0.29, 0.717) is 0 Å². The van der Waals surface area contributed by atoms with E-state index in [0.717, 1.165) is 5.92 Å². The van der Waals surface area contributed by atoms with Crippen molar-refractivity contribution in [1.82, 2.24) is 0 Å². The molecule has 1 nitrogen and oxygen atoms in total.